The second-order valence-electron chi connectivity index (χ2n) is 7.02. The first-order valence-electron chi connectivity index (χ1n) is 9.46. The van der Waals surface area contributed by atoms with Crippen molar-refractivity contribution in [1.82, 2.24) is 29.5 Å². The van der Waals surface area contributed by atoms with E-state index < -0.39 is 0 Å². The highest BCUT2D eigenvalue weighted by Crippen LogP contribution is 2.19. The Morgan fingerprint density at radius 3 is 2.85 bits per heavy atom. The molecule has 0 unspecified atom stereocenters. The Hall–Kier alpha value is -2.52. The third-order valence-electron chi connectivity index (χ3n) is 5.02. The lowest BCUT2D eigenvalue weighted by atomic mass is 9.97. The fraction of sp³-hybridized carbons (Fsp3) is 0.556. The number of piperidine rings is 1. The monoisotopic (exact) mass is 371 g/mol. The molecule has 0 spiro atoms. The Morgan fingerprint density at radius 1 is 1.22 bits per heavy atom. The number of morpholine rings is 1. The summed E-state index contributed by atoms with van der Waals surface area (Å²) in [6.45, 7) is 6.22. The van der Waals surface area contributed by atoms with E-state index in [9.17, 15) is 4.79 Å². The Morgan fingerprint density at radius 2 is 2.04 bits per heavy atom. The van der Waals surface area contributed by atoms with Crippen LogP contribution in [0.5, 0.6) is 0 Å². The van der Waals surface area contributed by atoms with Crippen LogP contribution in [0.15, 0.2) is 30.9 Å². The number of urea groups is 1. The van der Waals surface area contributed by atoms with E-state index in [-0.39, 0.29) is 6.03 Å². The number of amides is 2. The van der Waals surface area contributed by atoms with Gasteiger partial charge in [0.25, 0.3) is 0 Å². The maximum Gasteiger partial charge on any atom is 0.321 e. The Bertz CT molecular complexity index is 745. The number of ether oxygens (including phenoxy) is 1. The lowest BCUT2D eigenvalue weighted by Crippen LogP contribution is -2.47. The van der Waals surface area contributed by atoms with Crippen LogP contribution in [-0.4, -0.2) is 81.5 Å². The Balaban J connectivity index is 1.32. The summed E-state index contributed by atoms with van der Waals surface area (Å²) in [6, 6.07) is 1.68. The van der Waals surface area contributed by atoms with Gasteiger partial charge in [-0.15, -0.1) is 0 Å². The molecule has 0 saturated carbocycles. The van der Waals surface area contributed by atoms with Gasteiger partial charge in [-0.3, -0.25) is 4.90 Å². The van der Waals surface area contributed by atoms with Crippen LogP contribution in [0.1, 0.15) is 12.8 Å². The molecule has 27 heavy (non-hydrogen) atoms. The summed E-state index contributed by atoms with van der Waals surface area (Å²) in [6.07, 6.45) is 8.87. The first-order chi connectivity index (χ1) is 13.3. The van der Waals surface area contributed by atoms with Crippen LogP contribution in [-0.2, 0) is 4.74 Å². The lowest BCUT2D eigenvalue weighted by molar-refractivity contribution is 0.0252. The van der Waals surface area contributed by atoms with Gasteiger partial charge < -0.3 is 15.0 Å². The van der Waals surface area contributed by atoms with Crippen LogP contribution in [0, 0.1) is 5.92 Å². The highest BCUT2D eigenvalue weighted by Gasteiger charge is 2.26. The van der Waals surface area contributed by atoms with Crippen molar-refractivity contribution in [1.29, 1.82) is 0 Å². The fourth-order valence-corrected chi connectivity index (χ4v) is 3.66. The lowest BCUT2D eigenvalue weighted by Gasteiger charge is -2.36. The SMILES string of the molecule is O=C(Nc1cnn(-c2ncccn2)c1)N1CCC[C@@H](CN2CCOCC2)C1. The van der Waals surface area contributed by atoms with E-state index in [1.807, 2.05) is 4.90 Å². The van der Waals surface area contributed by atoms with Crippen molar-refractivity contribution in [3.63, 3.8) is 0 Å². The van der Waals surface area contributed by atoms with E-state index in [4.69, 9.17) is 4.74 Å². The maximum absolute atomic E-state index is 12.7. The third kappa shape index (κ3) is 4.61. The van der Waals surface area contributed by atoms with Crippen LogP contribution in [0.4, 0.5) is 10.5 Å². The minimum Gasteiger partial charge on any atom is -0.379 e. The molecule has 2 aliphatic heterocycles. The predicted octanol–water partition coefficient (Wildman–Crippen LogP) is 1.24. The largest absolute Gasteiger partial charge is 0.379 e. The molecule has 9 nitrogen and oxygen atoms in total. The summed E-state index contributed by atoms with van der Waals surface area (Å²) >= 11 is 0. The van der Waals surface area contributed by atoms with Gasteiger partial charge in [0.05, 0.1) is 31.3 Å². The highest BCUT2D eigenvalue weighted by molar-refractivity contribution is 5.89. The molecule has 1 N–H and O–H groups in total. The van der Waals surface area contributed by atoms with Crippen LogP contribution < -0.4 is 5.32 Å². The molecule has 144 valence electrons. The highest BCUT2D eigenvalue weighted by atomic mass is 16.5. The standard InChI is InChI=1S/C18H25N7O2/c26-18(22-16-11-21-25(14-16)17-19-4-2-5-20-17)24-6-1-3-15(13-24)12-23-7-9-27-10-8-23/h2,4-5,11,14-15H,1,3,6-10,12-13H2,(H,22,26)/t15-/m0/s1. The Kier molecular flexibility index (Phi) is 5.59. The average Bonchev–Trinajstić information content (AvgIpc) is 3.18. The molecule has 0 radical (unpaired) electrons. The van der Waals surface area contributed by atoms with Gasteiger partial charge in [-0.25, -0.2) is 19.4 Å². The van der Waals surface area contributed by atoms with Crippen molar-refractivity contribution in [2.45, 2.75) is 12.8 Å². The summed E-state index contributed by atoms with van der Waals surface area (Å²) in [5, 5.41) is 7.16. The molecule has 2 aliphatic rings. The van der Waals surface area contributed by atoms with E-state index >= 15 is 0 Å². The van der Waals surface area contributed by atoms with Gasteiger partial charge in [0.1, 0.15) is 0 Å². The van der Waals surface area contributed by atoms with Gasteiger partial charge >= 0.3 is 6.03 Å². The van der Waals surface area contributed by atoms with Crippen LogP contribution in [0.25, 0.3) is 5.95 Å². The zero-order chi connectivity index (χ0) is 18.5. The van der Waals surface area contributed by atoms with Gasteiger partial charge in [0.15, 0.2) is 0 Å². The summed E-state index contributed by atoms with van der Waals surface area (Å²) < 4.78 is 6.96. The van der Waals surface area contributed by atoms with E-state index in [2.05, 4.69) is 25.3 Å². The topological polar surface area (TPSA) is 88.4 Å². The van der Waals surface area contributed by atoms with E-state index in [0.717, 1.165) is 52.4 Å². The van der Waals surface area contributed by atoms with Crippen LogP contribution in [0.2, 0.25) is 0 Å². The van der Waals surface area contributed by atoms with E-state index in [1.165, 1.54) is 6.42 Å². The molecule has 1 atom stereocenters. The normalized spacial score (nSPS) is 21.2. The summed E-state index contributed by atoms with van der Waals surface area (Å²) in [5.74, 6) is 0.990. The number of rotatable bonds is 4. The quantitative estimate of drug-likeness (QED) is 0.870. The minimum atomic E-state index is -0.0739. The first-order valence-corrected chi connectivity index (χ1v) is 9.46. The number of carbonyl (C=O) groups is 1. The van der Waals surface area contributed by atoms with Gasteiger partial charge in [-0.1, -0.05) is 0 Å². The van der Waals surface area contributed by atoms with Gasteiger partial charge in [0.2, 0.25) is 5.95 Å². The average molecular weight is 371 g/mol. The number of aromatic nitrogens is 4. The minimum absolute atomic E-state index is 0.0739. The molecule has 2 fully saturated rings. The Labute approximate surface area is 158 Å². The number of hydrogen-bond donors (Lipinski definition) is 1. The number of anilines is 1. The molecule has 0 aromatic carbocycles. The number of nitrogens with zero attached hydrogens (tertiary/aromatic N) is 6. The molecule has 2 amide bonds. The van der Waals surface area contributed by atoms with E-state index in [1.54, 1.807) is 35.5 Å². The molecule has 4 heterocycles. The van der Waals surface area contributed by atoms with Crippen LogP contribution >= 0.6 is 0 Å². The van der Waals surface area contributed by atoms with Crippen molar-refractivity contribution in [3.8, 4) is 5.95 Å². The molecule has 0 bridgehead atoms. The van der Waals surface area contributed by atoms with Crippen molar-refractivity contribution in [2.24, 2.45) is 5.92 Å². The van der Waals surface area contributed by atoms with Crippen molar-refractivity contribution >= 4 is 11.7 Å². The number of hydrogen-bond acceptors (Lipinski definition) is 6. The second kappa shape index (κ2) is 8.45. The third-order valence-corrected chi connectivity index (χ3v) is 5.02. The maximum atomic E-state index is 12.7. The van der Waals surface area contributed by atoms with Gasteiger partial charge in [-0.2, -0.15) is 5.10 Å². The van der Waals surface area contributed by atoms with Crippen molar-refractivity contribution in [2.75, 3.05) is 51.3 Å². The molecule has 4 rings (SSSR count). The van der Waals surface area contributed by atoms with E-state index in [0.29, 0.717) is 17.6 Å². The molecule has 9 heteroatoms. The number of likely N-dealkylation sites (tertiary alicyclic amines) is 1. The summed E-state index contributed by atoms with van der Waals surface area (Å²) in [4.78, 5) is 25.3. The smallest absolute Gasteiger partial charge is 0.321 e. The molecular formula is C18H25N7O2. The fourth-order valence-electron chi connectivity index (χ4n) is 3.66. The second-order valence-corrected chi connectivity index (χ2v) is 7.02. The van der Waals surface area contributed by atoms with Crippen molar-refractivity contribution < 1.29 is 9.53 Å². The number of carbonyl (C=O) groups excluding carboxylic acids is 1. The molecule has 2 aromatic heterocycles. The predicted molar refractivity (Wildman–Crippen MR) is 99.7 cm³/mol. The summed E-state index contributed by atoms with van der Waals surface area (Å²) in [5.41, 5.74) is 0.641. The molecule has 2 aromatic rings. The first kappa shape index (κ1) is 17.9. The van der Waals surface area contributed by atoms with Crippen LogP contribution in [0.3, 0.4) is 0 Å². The van der Waals surface area contributed by atoms with Crippen molar-refractivity contribution in [3.05, 3.63) is 30.9 Å². The zero-order valence-corrected chi connectivity index (χ0v) is 15.3. The molecule has 2 saturated heterocycles. The molecule has 0 aliphatic carbocycles. The van der Waals surface area contributed by atoms with Gasteiger partial charge in [0, 0.05) is 45.1 Å². The number of nitrogens with one attached hydrogen (secondary N) is 1. The van der Waals surface area contributed by atoms with Gasteiger partial charge in [-0.05, 0) is 24.8 Å². The summed E-state index contributed by atoms with van der Waals surface area (Å²) in [7, 11) is 0. The molecular weight excluding hydrogens is 346 g/mol. The zero-order valence-electron chi connectivity index (χ0n) is 15.3.